The monoisotopic (exact) mass is 514 g/mol. The topological polar surface area (TPSA) is 118 Å². The lowest BCUT2D eigenvalue weighted by Gasteiger charge is -2.29. The fourth-order valence-corrected chi connectivity index (χ4v) is 4.62. The number of hydrogen-bond acceptors (Lipinski definition) is 9. The minimum atomic E-state index is -0.294. The molecule has 0 bridgehead atoms. The molecule has 1 aliphatic rings. The van der Waals surface area contributed by atoms with Gasteiger partial charge in [0.1, 0.15) is 17.9 Å². The van der Waals surface area contributed by atoms with Crippen molar-refractivity contribution in [1.82, 2.24) is 14.9 Å². The van der Waals surface area contributed by atoms with E-state index in [9.17, 15) is 4.79 Å². The van der Waals surface area contributed by atoms with Crippen molar-refractivity contribution in [1.29, 1.82) is 5.41 Å². The molecule has 4 N–H and O–H groups in total. The molecule has 1 atom stereocenters. The summed E-state index contributed by atoms with van der Waals surface area (Å²) in [6.45, 7) is 5.56. The number of benzene rings is 2. The zero-order valence-electron chi connectivity index (χ0n) is 22.2. The van der Waals surface area contributed by atoms with E-state index in [2.05, 4.69) is 49.3 Å². The van der Waals surface area contributed by atoms with Gasteiger partial charge in [-0.2, -0.15) is 0 Å². The summed E-state index contributed by atoms with van der Waals surface area (Å²) in [4.78, 5) is 25.6. The molecular weight excluding hydrogens is 480 g/mol. The molecule has 2 aromatic carbocycles. The van der Waals surface area contributed by atoms with Crippen LogP contribution in [-0.2, 0) is 4.79 Å². The van der Waals surface area contributed by atoms with E-state index < -0.39 is 0 Å². The number of hydrogen-bond donors (Lipinski definition) is 4. The molecule has 1 unspecified atom stereocenters. The van der Waals surface area contributed by atoms with Gasteiger partial charge in [0.05, 0.1) is 29.9 Å². The molecule has 198 valence electrons. The van der Waals surface area contributed by atoms with E-state index in [4.69, 9.17) is 10.1 Å². The van der Waals surface area contributed by atoms with E-state index in [1.54, 1.807) is 7.11 Å². The third-order valence-electron chi connectivity index (χ3n) is 6.76. The number of likely N-dealkylation sites (tertiary alicyclic amines) is 1. The normalized spacial score (nSPS) is 15.0. The number of methoxy groups -OCH3 is 1. The van der Waals surface area contributed by atoms with Crippen LogP contribution in [0.2, 0.25) is 0 Å². The minimum Gasteiger partial charge on any atom is -0.494 e. The van der Waals surface area contributed by atoms with Crippen LogP contribution < -0.4 is 25.6 Å². The van der Waals surface area contributed by atoms with Gasteiger partial charge in [-0.3, -0.25) is 4.79 Å². The van der Waals surface area contributed by atoms with Gasteiger partial charge in [-0.25, -0.2) is 9.97 Å². The summed E-state index contributed by atoms with van der Waals surface area (Å²) in [7, 11) is 7.58. The highest BCUT2D eigenvalue weighted by Crippen LogP contribution is 2.39. The van der Waals surface area contributed by atoms with Crippen molar-refractivity contribution in [3.8, 4) is 17.0 Å². The highest BCUT2D eigenvalue weighted by atomic mass is 16.5. The standard InChI is InChI=1S/C28H34N8O2/c1-6-28(37)34-23-12-24(26(38-5)14-25(23)36(4)20-9-10-35(3)16-20)33-27-13-22(31-17-32-27)18-7-8-19(15-29)21(11-18)30-2/h6-8,11-15,17,20,29-30H,1,9-10,16H2,2-5H3,(H,34,37)(H,31,32,33). The zero-order valence-corrected chi connectivity index (χ0v) is 22.2. The second-order valence-corrected chi connectivity index (χ2v) is 9.19. The van der Waals surface area contributed by atoms with E-state index in [1.165, 1.54) is 18.6 Å². The second-order valence-electron chi connectivity index (χ2n) is 9.19. The molecule has 1 aromatic heterocycles. The van der Waals surface area contributed by atoms with Crippen LogP contribution in [0.25, 0.3) is 11.3 Å². The molecule has 1 fully saturated rings. The second kappa shape index (κ2) is 11.7. The van der Waals surface area contributed by atoms with Gasteiger partial charge < -0.3 is 35.9 Å². The maximum Gasteiger partial charge on any atom is 0.247 e. The van der Waals surface area contributed by atoms with Gasteiger partial charge in [-0.05, 0) is 38.2 Å². The number of carbonyl (C=O) groups is 1. The fourth-order valence-electron chi connectivity index (χ4n) is 4.62. The lowest BCUT2D eigenvalue weighted by molar-refractivity contribution is -0.111. The lowest BCUT2D eigenvalue weighted by atomic mass is 10.1. The number of aromatic nitrogens is 2. The SMILES string of the molecule is C=CC(=O)Nc1cc(Nc2cc(-c3ccc(C=N)c(NC)c3)ncn2)c(OC)cc1N(C)C1CCN(C)C1. The molecule has 0 saturated carbocycles. The van der Waals surface area contributed by atoms with E-state index in [0.29, 0.717) is 29.0 Å². The van der Waals surface area contributed by atoms with Crippen molar-refractivity contribution < 1.29 is 9.53 Å². The van der Waals surface area contributed by atoms with Crippen LogP contribution in [0.1, 0.15) is 12.0 Å². The first-order valence-electron chi connectivity index (χ1n) is 12.3. The smallest absolute Gasteiger partial charge is 0.247 e. The first-order chi connectivity index (χ1) is 18.4. The summed E-state index contributed by atoms with van der Waals surface area (Å²) in [6.07, 6.45) is 5.09. The number of anilines is 5. The zero-order chi connectivity index (χ0) is 27.2. The average Bonchev–Trinajstić information content (AvgIpc) is 3.38. The molecule has 1 amide bonds. The van der Waals surface area contributed by atoms with Gasteiger partial charge in [-0.15, -0.1) is 0 Å². The quantitative estimate of drug-likeness (QED) is 0.235. The number of carbonyl (C=O) groups excluding carboxylic acids is 1. The van der Waals surface area contributed by atoms with Crippen LogP contribution in [0.4, 0.5) is 28.6 Å². The van der Waals surface area contributed by atoms with Crippen molar-refractivity contribution in [2.75, 3.05) is 62.2 Å². The van der Waals surface area contributed by atoms with Crippen LogP contribution in [0.15, 0.2) is 55.4 Å². The number of nitrogens with zero attached hydrogens (tertiary/aromatic N) is 4. The van der Waals surface area contributed by atoms with Gasteiger partial charge in [0.25, 0.3) is 0 Å². The molecule has 3 aromatic rings. The number of likely N-dealkylation sites (N-methyl/N-ethyl adjacent to an activating group) is 2. The molecular formula is C28H34N8O2. The largest absolute Gasteiger partial charge is 0.494 e. The Morgan fingerprint density at radius 2 is 2.03 bits per heavy atom. The number of amides is 1. The van der Waals surface area contributed by atoms with Crippen LogP contribution in [0, 0.1) is 5.41 Å². The molecule has 0 aliphatic carbocycles. The van der Waals surface area contributed by atoms with Crippen molar-refractivity contribution >= 4 is 40.7 Å². The molecule has 0 spiro atoms. The summed E-state index contributed by atoms with van der Waals surface area (Å²) < 4.78 is 5.74. The minimum absolute atomic E-state index is 0.294. The first-order valence-corrected chi connectivity index (χ1v) is 12.3. The van der Waals surface area contributed by atoms with Crippen LogP contribution in [0.5, 0.6) is 5.75 Å². The maximum atomic E-state index is 12.3. The number of ether oxygens (including phenoxy) is 1. The summed E-state index contributed by atoms with van der Waals surface area (Å²) in [6, 6.07) is 11.7. The maximum absolute atomic E-state index is 12.3. The van der Waals surface area contributed by atoms with E-state index in [0.717, 1.165) is 47.7 Å². The van der Waals surface area contributed by atoms with Crippen molar-refractivity contribution in [3.63, 3.8) is 0 Å². The van der Waals surface area contributed by atoms with E-state index >= 15 is 0 Å². The van der Waals surface area contributed by atoms with Crippen molar-refractivity contribution in [2.45, 2.75) is 12.5 Å². The van der Waals surface area contributed by atoms with Gasteiger partial charge in [0.2, 0.25) is 5.91 Å². The van der Waals surface area contributed by atoms with E-state index in [1.807, 2.05) is 50.5 Å². The highest BCUT2D eigenvalue weighted by Gasteiger charge is 2.26. The molecule has 10 nitrogen and oxygen atoms in total. The summed E-state index contributed by atoms with van der Waals surface area (Å²) >= 11 is 0. The third kappa shape index (κ3) is 5.76. The Balaban J connectivity index is 1.69. The molecule has 38 heavy (non-hydrogen) atoms. The summed E-state index contributed by atoms with van der Waals surface area (Å²) in [5, 5.41) is 17.0. The molecule has 2 heterocycles. The Morgan fingerprint density at radius 3 is 2.68 bits per heavy atom. The number of rotatable bonds is 10. The third-order valence-corrected chi connectivity index (χ3v) is 6.76. The average molecular weight is 515 g/mol. The summed E-state index contributed by atoms with van der Waals surface area (Å²) in [5.41, 5.74) is 5.38. The van der Waals surface area contributed by atoms with Gasteiger partial charge in [0.15, 0.2) is 0 Å². The Bertz CT molecular complexity index is 1340. The van der Waals surface area contributed by atoms with Crippen LogP contribution in [0.3, 0.4) is 0 Å². The van der Waals surface area contributed by atoms with Crippen molar-refractivity contribution in [2.24, 2.45) is 0 Å². The Kier molecular flexibility index (Phi) is 8.22. The Hall–Kier alpha value is -4.44. The lowest BCUT2D eigenvalue weighted by Crippen LogP contribution is -2.34. The highest BCUT2D eigenvalue weighted by molar-refractivity contribution is 6.02. The predicted octanol–water partition coefficient (Wildman–Crippen LogP) is 4.20. The van der Waals surface area contributed by atoms with Gasteiger partial charge >= 0.3 is 0 Å². The first kappa shape index (κ1) is 26.6. The molecule has 1 saturated heterocycles. The van der Waals surface area contributed by atoms with Crippen LogP contribution >= 0.6 is 0 Å². The van der Waals surface area contributed by atoms with E-state index in [-0.39, 0.29) is 5.91 Å². The Labute approximate surface area is 223 Å². The predicted molar refractivity (Wildman–Crippen MR) is 154 cm³/mol. The van der Waals surface area contributed by atoms with Crippen molar-refractivity contribution in [3.05, 3.63) is 60.9 Å². The summed E-state index contributed by atoms with van der Waals surface area (Å²) in [5.74, 6) is 0.884. The fraction of sp³-hybridized carbons (Fsp3) is 0.286. The van der Waals surface area contributed by atoms with Gasteiger partial charge in [0, 0.05) is 61.8 Å². The molecule has 10 heteroatoms. The van der Waals surface area contributed by atoms with Gasteiger partial charge in [-0.1, -0.05) is 18.7 Å². The van der Waals surface area contributed by atoms with Crippen LogP contribution in [-0.4, -0.2) is 74.4 Å². The molecule has 1 aliphatic heterocycles. The number of nitrogens with one attached hydrogen (secondary N) is 4. The Morgan fingerprint density at radius 1 is 1.21 bits per heavy atom. The molecule has 0 radical (unpaired) electrons. The molecule has 4 rings (SSSR count).